The van der Waals surface area contributed by atoms with Crippen LogP contribution < -0.4 is 20.9 Å². The van der Waals surface area contributed by atoms with Crippen molar-refractivity contribution >= 4 is 41.0 Å². The second-order valence-electron chi connectivity index (χ2n) is 5.52. The van der Waals surface area contributed by atoms with Crippen molar-refractivity contribution in [3.63, 3.8) is 0 Å². The highest BCUT2D eigenvalue weighted by Crippen LogP contribution is 2.27. The number of carbonyl (C=O) groups is 1. The first-order chi connectivity index (χ1) is 12.0. The lowest BCUT2D eigenvalue weighted by Gasteiger charge is -2.20. The molecule has 0 radical (unpaired) electrons. The lowest BCUT2D eigenvalue weighted by molar-refractivity contribution is 0.143. The van der Waals surface area contributed by atoms with Gasteiger partial charge in [0.25, 0.3) is 0 Å². The van der Waals surface area contributed by atoms with Gasteiger partial charge in [-0.2, -0.15) is 0 Å². The maximum atomic E-state index is 14.4. The molecule has 136 valence electrons. The van der Waals surface area contributed by atoms with E-state index in [-0.39, 0.29) is 11.8 Å². The number of hydrogen-bond donors (Lipinski definition) is 3. The summed E-state index contributed by atoms with van der Waals surface area (Å²) in [5.74, 6) is -0.531. The molecule has 1 saturated heterocycles. The molecule has 7 nitrogen and oxygen atoms in total. The van der Waals surface area contributed by atoms with E-state index in [4.69, 9.17) is 28.1 Å². The number of anilines is 2. The Kier molecular flexibility index (Phi) is 6.65. The van der Waals surface area contributed by atoms with E-state index >= 15 is 0 Å². The van der Waals surface area contributed by atoms with Crippen LogP contribution in [0.25, 0.3) is 0 Å². The van der Waals surface area contributed by atoms with Gasteiger partial charge in [-0.15, -0.1) is 0 Å². The summed E-state index contributed by atoms with van der Waals surface area (Å²) in [4.78, 5) is 15.5. The maximum Gasteiger partial charge on any atom is 0.414 e. The van der Waals surface area contributed by atoms with E-state index in [1.807, 2.05) is 6.92 Å². The van der Waals surface area contributed by atoms with Crippen LogP contribution in [-0.4, -0.2) is 49.7 Å². The van der Waals surface area contributed by atoms with Crippen molar-refractivity contribution in [3.05, 3.63) is 24.0 Å². The van der Waals surface area contributed by atoms with Crippen LogP contribution >= 0.6 is 12.2 Å². The number of nitrogens with zero attached hydrogens (tertiary/aromatic N) is 2. The van der Waals surface area contributed by atoms with Crippen LogP contribution in [0.15, 0.2) is 18.2 Å². The molecular formula is C16H22FN5O2S. The molecule has 1 amide bonds. The summed E-state index contributed by atoms with van der Waals surface area (Å²) in [6.45, 7) is 3.30. The van der Waals surface area contributed by atoms with Crippen LogP contribution in [0.1, 0.15) is 13.3 Å². The highest BCUT2D eigenvalue weighted by Gasteiger charge is 2.32. The second kappa shape index (κ2) is 8.72. The van der Waals surface area contributed by atoms with Crippen molar-refractivity contribution in [2.45, 2.75) is 19.4 Å². The summed E-state index contributed by atoms with van der Waals surface area (Å²) in [5, 5.41) is 10.4. The van der Waals surface area contributed by atoms with Crippen molar-refractivity contribution in [3.8, 4) is 0 Å². The topological polar surface area (TPSA) is 94.7 Å². The normalized spacial score (nSPS) is 16.5. The van der Waals surface area contributed by atoms with Crippen molar-refractivity contribution in [2.75, 3.05) is 36.0 Å². The number of thiocarbonyl (C=S) groups is 1. The zero-order valence-electron chi connectivity index (χ0n) is 14.0. The number of rotatable bonds is 8. The SMILES string of the molecule is CCC(=S)NCC1CN(c2ccc(N(C=N)CCN)c(F)c2)C(=O)O1. The molecule has 1 aliphatic rings. The lowest BCUT2D eigenvalue weighted by atomic mass is 10.2. The predicted molar refractivity (Wildman–Crippen MR) is 100 cm³/mol. The monoisotopic (exact) mass is 367 g/mol. The van der Waals surface area contributed by atoms with Crippen molar-refractivity contribution in [1.29, 1.82) is 5.41 Å². The van der Waals surface area contributed by atoms with Crippen molar-refractivity contribution < 1.29 is 13.9 Å². The van der Waals surface area contributed by atoms with E-state index in [2.05, 4.69) is 5.32 Å². The van der Waals surface area contributed by atoms with Crippen LogP contribution in [0.2, 0.25) is 0 Å². The summed E-state index contributed by atoms with van der Waals surface area (Å²) in [7, 11) is 0. The third-order valence-electron chi connectivity index (χ3n) is 3.80. The Morgan fingerprint density at radius 2 is 2.40 bits per heavy atom. The quantitative estimate of drug-likeness (QED) is 0.369. The van der Waals surface area contributed by atoms with Gasteiger partial charge in [0.15, 0.2) is 0 Å². The molecule has 1 aliphatic heterocycles. The number of hydrogen-bond acceptors (Lipinski definition) is 5. The highest BCUT2D eigenvalue weighted by molar-refractivity contribution is 7.80. The molecular weight excluding hydrogens is 345 g/mol. The summed E-state index contributed by atoms with van der Waals surface area (Å²) >= 11 is 5.08. The number of carbonyl (C=O) groups excluding carboxylic acids is 1. The van der Waals surface area contributed by atoms with Crippen LogP contribution in [0.4, 0.5) is 20.6 Å². The molecule has 1 aromatic rings. The fraction of sp³-hybridized carbons (Fsp3) is 0.438. The minimum Gasteiger partial charge on any atom is -0.442 e. The molecule has 0 aromatic heterocycles. The highest BCUT2D eigenvalue weighted by atomic mass is 32.1. The average Bonchev–Trinajstić information content (AvgIpc) is 2.98. The van der Waals surface area contributed by atoms with Gasteiger partial charge in [0.05, 0.1) is 35.8 Å². The summed E-state index contributed by atoms with van der Waals surface area (Å²) in [6.07, 6.45) is 0.869. The fourth-order valence-corrected chi connectivity index (χ4v) is 2.56. The molecule has 4 N–H and O–H groups in total. The van der Waals surface area contributed by atoms with Crippen molar-refractivity contribution in [2.24, 2.45) is 5.73 Å². The minimum atomic E-state index is -0.531. The fourth-order valence-electron chi connectivity index (χ4n) is 2.48. The smallest absolute Gasteiger partial charge is 0.414 e. The van der Waals surface area contributed by atoms with Gasteiger partial charge in [-0.1, -0.05) is 19.1 Å². The number of ether oxygens (including phenoxy) is 1. The average molecular weight is 367 g/mol. The minimum absolute atomic E-state index is 0.239. The molecule has 9 heteroatoms. The number of benzene rings is 1. The van der Waals surface area contributed by atoms with Crippen LogP contribution in [0.3, 0.4) is 0 Å². The molecule has 1 unspecified atom stereocenters. The molecule has 0 aliphatic carbocycles. The number of nitrogens with two attached hydrogens (primary N) is 1. The first-order valence-electron chi connectivity index (χ1n) is 8.01. The zero-order valence-corrected chi connectivity index (χ0v) is 14.8. The number of nitrogens with one attached hydrogen (secondary N) is 2. The standard InChI is InChI=1S/C16H22FN5O2S/c1-2-15(25)20-8-12-9-22(16(23)24-12)11-3-4-14(13(17)7-11)21(10-19)6-5-18/h3-4,7,10,12,19H,2,5-6,8-9,18H2,1H3,(H,20,25). The molecule has 1 atom stereocenters. The molecule has 0 saturated carbocycles. The van der Waals surface area contributed by atoms with Gasteiger partial charge in [0, 0.05) is 13.1 Å². The van der Waals surface area contributed by atoms with Gasteiger partial charge >= 0.3 is 6.09 Å². The van der Waals surface area contributed by atoms with E-state index in [0.29, 0.717) is 36.9 Å². The Morgan fingerprint density at radius 3 is 3.00 bits per heavy atom. The summed E-state index contributed by atoms with van der Waals surface area (Å²) in [6, 6.07) is 4.41. The molecule has 1 heterocycles. The maximum absolute atomic E-state index is 14.4. The number of cyclic esters (lactones) is 1. The first-order valence-corrected chi connectivity index (χ1v) is 8.42. The van der Waals surface area contributed by atoms with Gasteiger partial charge in [0.2, 0.25) is 0 Å². The van der Waals surface area contributed by atoms with Gasteiger partial charge in [-0.25, -0.2) is 9.18 Å². The Labute approximate surface area is 151 Å². The molecule has 2 rings (SSSR count). The Hall–Kier alpha value is -2.26. The second-order valence-corrected chi connectivity index (χ2v) is 6.01. The Morgan fingerprint density at radius 1 is 1.64 bits per heavy atom. The largest absolute Gasteiger partial charge is 0.442 e. The van der Waals surface area contributed by atoms with E-state index < -0.39 is 11.9 Å². The predicted octanol–water partition coefficient (Wildman–Crippen LogP) is 1.85. The third-order valence-corrected chi connectivity index (χ3v) is 4.23. The Balaban J connectivity index is 2.08. The van der Waals surface area contributed by atoms with Crippen LogP contribution in [0, 0.1) is 11.2 Å². The lowest BCUT2D eigenvalue weighted by Crippen LogP contribution is -2.33. The molecule has 1 aromatic carbocycles. The zero-order chi connectivity index (χ0) is 18.4. The first kappa shape index (κ1) is 19.1. The third kappa shape index (κ3) is 4.64. The molecule has 25 heavy (non-hydrogen) atoms. The van der Waals surface area contributed by atoms with Crippen LogP contribution in [0.5, 0.6) is 0 Å². The summed E-state index contributed by atoms with van der Waals surface area (Å²) in [5.41, 5.74) is 6.11. The molecule has 0 bridgehead atoms. The van der Waals surface area contributed by atoms with E-state index in [0.717, 1.165) is 12.8 Å². The van der Waals surface area contributed by atoms with E-state index in [9.17, 15) is 9.18 Å². The van der Waals surface area contributed by atoms with E-state index in [1.54, 1.807) is 6.07 Å². The van der Waals surface area contributed by atoms with Crippen molar-refractivity contribution in [1.82, 2.24) is 5.32 Å². The summed E-state index contributed by atoms with van der Waals surface area (Å²) < 4.78 is 19.7. The van der Waals surface area contributed by atoms with Gasteiger partial charge in [0.1, 0.15) is 11.9 Å². The molecule has 0 spiro atoms. The number of halogens is 1. The number of amides is 1. The molecule has 1 fully saturated rings. The van der Waals surface area contributed by atoms with Crippen LogP contribution in [-0.2, 0) is 4.74 Å². The van der Waals surface area contributed by atoms with Gasteiger partial charge in [-0.05, 0) is 24.6 Å². The Bertz CT molecular complexity index is 657. The van der Waals surface area contributed by atoms with Gasteiger partial charge in [-0.3, -0.25) is 10.3 Å². The van der Waals surface area contributed by atoms with E-state index in [1.165, 1.54) is 21.9 Å². The van der Waals surface area contributed by atoms with Gasteiger partial charge < -0.3 is 20.7 Å².